The smallest absolute Gasteiger partial charge is 0.349 e. The Morgan fingerprint density at radius 1 is 1.46 bits per heavy atom. The number of amides is 1. The number of carbonyl (C=O) groups excluding carboxylic acids is 1. The summed E-state index contributed by atoms with van der Waals surface area (Å²) in [7, 11) is 1.66. The summed E-state index contributed by atoms with van der Waals surface area (Å²) in [5.74, 6) is -0.634. The van der Waals surface area contributed by atoms with Crippen molar-refractivity contribution in [3.8, 4) is 0 Å². The fourth-order valence-electron chi connectivity index (χ4n) is 2.06. The molecule has 24 heavy (non-hydrogen) atoms. The van der Waals surface area contributed by atoms with Crippen LogP contribution >= 0.6 is 0 Å². The molecule has 9 nitrogen and oxygen atoms in total. The second kappa shape index (κ2) is 6.29. The molecule has 0 atom stereocenters. The van der Waals surface area contributed by atoms with Gasteiger partial charge in [-0.1, -0.05) is 0 Å². The van der Waals surface area contributed by atoms with Crippen molar-refractivity contribution in [2.45, 2.75) is 26.2 Å². The summed E-state index contributed by atoms with van der Waals surface area (Å²) in [6.45, 7) is 0.652. The molecule has 130 valence electrons. The summed E-state index contributed by atoms with van der Waals surface area (Å²) in [6.07, 6.45) is -3.46. The Bertz CT molecular complexity index is 780. The third-order valence-electron chi connectivity index (χ3n) is 3.31. The van der Waals surface area contributed by atoms with E-state index in [1.54, 1.807) is 13.1 Å². The van der Waals surface area contributed by atoms with Crippen LogP contribution in [0.4, 0.5) is 18.9 Å². The SMILES string of the molecule is Cc1c([N+](=O)[O-])c(C(F)(F)F)nn1CC(=O)NCc1ccnn1C. The Balaban J connectivity index is 2.16. The van der Waals surface area contributed by atoms with Gasteiger partial charge in [-0.2, -0.15) is 23.4 Å². The van der Waals surface area contributed by atoms with E-state index in [4.69, 9.17) is 0 Å². The zero-order valence-electron chi connectivity index (χ0n) is 12.7. The van der Waals surface area contributed by atoms with Crippen LogP contribution in [0, 0.1) is 17.0 Å². The first kappa shape index (κ1) is 17.4. The molecule has 0 spiro atoms. The number of carbonyl (C=O) groups is 1. The van der Waals surface area contributed by atoms with Gasteiger partial charge in [-0.15, -0.1) is 0 Å². The van der Waals surface area contributed by atoms with Crippen LogP contribution < -0.4 is 5.32 Å². The summed E-state index contributed by atoms with van der Waals surface area (Å²) in [4.78, 5) is 21.5. The molecular formula is C12H13F3N6O3. The Hall–Kier alpha value is -2.92. The molecule has 1 amide bonds. The van der Waals surface area contributed by atoms with Crippen LogP contribution in [0.15, 0.2) is 12.3 Å². The fraction of sp³-hybridized carbons (Fsp3) is 0.417. The quantitative estimate of drug-likeness (QED) is 0.646. The van der Waals surface area contributed by atoms with Gasteiger partial charge in [0.25, 0.3) is 0 Å². The maximum absolute atomic E-state index is 12.8. The molecule has 0 aliphatic heterocycles. The molecule has 0 saturated heterocycles. The fourth-order valence-corrected chi connectivity index (χ4v) is 2.06. The number of hydrogen-bond acceptors (Lipinski definition) is 5. The summed E-state index contributed by atoms with van der Waals surface area (Å²) < 4.78 is 40.7. The van der Waals surface area contributed by atoms with Crippen LogP contribution in [-0.2, 0) is 31.1 Å². The van der Waals surface area contributed by atoms with Crippen molar-refractivity contribution < 1.29 is 22.9 Å². The largest absolute Gasteiger partial charge is 0.442 e. The standard InChI is InChI=1S/C12H13F3N6O3/c1-7-10(21(23)24)11(12(13,14)15)18-20(7)6-9(22)16-5-8-3-4-17-19(8)2/h3-4H,5-6H2,1-2H3,(H,16,22). The summed E-state index contributed by atoms with van der Waals surface area (Å²) in [5, 5.41) is 20.4. The number of aromatic nitrogens is 4. The van der Waals surface area contributed by atoms with Gasteiger partial charge in [0.15, 0.2) is 0 Å². The first-order valence-electron chi connectivity index (χ1n) is 6.63. The molecule has 2 heterocycles. The Morgan fingerprint density at radius 2 is 2.12 bits per heavy atom. The van der Waals surface area contributed by atoms with Crippen molar-refractivity contribution in [2.75, 3.05) is 0 Å². The molecule has 12 heteroatoms. The first-order valence-corrected chi connectivity index (χ1v) is 6.63. The molecule has 0 aromatic carbocycles. The molecule has 2 rings (SSSR count). The second-order valence-corrected chi connectivity index (χ2v) is 4.92. The molecule has 0 fully saturated rings. The minimum atomic E-state index is -4.98. The van der Waals surface area contributed by atoms with Crippen LogP contribution in [0.2, 0.25) is 0 Å². The van der Waals surface area contributed by atoms with Gasteiger partial charge in [0.2, 0.25) is 11.6 Å². The van der Waals surface area contributed by atoms with E-state index < -0.39 is 34.9 Å². The monoisotopic (exact) mass is 346 g/mol. The van der Waals surface area contributed by atoms with E-state index >= 15 is 0 Å². The normalized spacial score (nSPS) is 11.5. The lowest BCUT2D eigenvalue weighted by atomic mass is 10.3. The Morgan fingerprint density at radius 3 is 2.58 bits per heavy atom. The van der Waals surface area contributed by atoms with Gasteiger partial charge >= 0.3 is 11.9 Å². The van der Waals surface area contributed by atoms with E-state index in [0.717, 1.165) is 6.92 Å². The molecule has 2 aromatic rings. The molecule has 1 N–H and O–H groups in total. The molecular weight excluding hydrogens is 333 g/mol. The van der Waals surface area contributed by atoms with Crippen LogP contribution in [0.3, 0.4) is 0 Å². The van der Waals surface area contributed by atoms with Gasteiger partial charge in [-0.05, 0) is 13.0 Å². The maximum Gasteiger partial charge on any atom is 0.442 e. The van der Waals surface area contributed by atoms with Crippen molar-refractivity contribution in [3.63, 3.8) is 0 Å². The van der Waals surface area contributed by atoms with E-state index in [9.17, 15) is 28.1 Å². The summed E-state index contributed by atoms with van der Waals surface area (Å²) in [6, 6.07) is 1.66. The number of aryl methyl sites for hydroxylation is 1. The minimum absolute atomic E-state index is 0.115. The predicted molar refractivity (Wildman–Crippen MR) is 73.7 cm³/mol. The summed E-state index contributed by atoms with van der Waals surface area (Å²) in [5.41, 5.74) is -2.43. The minimum Gasteiger partial charge on any atom is -0.349 e. The zero-order valence-corrected chi connectivity index (χ0v) is 12.7. The van der Waals surface area contributed by atoms with Gasteiger partial charge in [0, 0.05) is 13.2 Å². The van der Waals surface area contributed by atoms with E-state index in [-0.39, 0.29) is 12.2 Å². The average Bonchev–Trinajstić information content (AvgIpc) is 3.00. The third-order valence-corrected chi connectivity index (χ3v) is 3.31. The van der Waals surface area contributed by atoms with Crippen LogP contribution in [0.25, 0.3) is 0 Å². The number of nitrogens with one attached hydrogen (secondary N) is 1. The highest BCUT2D eigenvalue weighted by molar-refractivity contribution is 5.75. The maximum atomic E-state index is 12.8. The van der Waals surface area contributed by atoms with E-state index in [2.05, 4.69) is 15.5 Å². The van der Waals surface area contributed by atoms with Crippen molar-refractivity contribution in [2.24, 2.45) is 7.05 Å². The van der Waals surface area contributed by atoms with Crippen LogP contribution in [0.5, 0.6) is 0 Å². The molecule has 0 radical (unpaired) electrons. The molecule has 0 bridgehead atoms. The third kappa shape index (κ3) is 3.52. The summed E-state index contributed by atoms with van der Waals surface area (Å²) >= 11 is 0. The molecule has 2 aromatic heterocycles. The number of nitro groups is 1. The van der Waals surface area contributed by atoms with Crippen LogP contribution in [0.1, 0.15) is 17.1 Å². The number of rotatable bonds is 5. The number of halogens is 3. The number of hydrogen-bond donors (Lipinski definition) is 1. The van der Waals surface area contributed by atoms with Gasteiger partial charge in [-0.25, -0.2) is 0 Å². The number of nitrogens with zero attached hydrogens (tertiary/aromatic N) is 5. The Kier molecular flexibility index (Phi) is 4.57. The second-order valence-electron chi connectivity index (χ2n) is 4.92. The average molecular weight is 346 g/mol. The van der Waals surface area contributed by atoms with Gasteiger partial charge in [0.05, 0.1) is 17.2 Å². The van der Waals surface area contributed by atoms with Gasteiger partial charge in [0.1, 0.15) is 12.2 Å². The van der Waals surface area contributed by atoms with Crippen LogP contribution in [-0.4, -0.2) is 30.4 Å². The highest BCUT2D eigenvalue weighted by Gasteiger charge is 2.44. The van der Waals surface area contributed by atoms with E-state index in [0.29, 0.717) is 10.4 Å². The van der Waals surface area contributed by atoms with E-state index in [1.165, 1.54) is 10.9 Å². The highest BCUT2D eigenvalue weighted by Crippen LogP contribution is 2.36. The van der Waals surface area contributed by atoms with Gasteiger partial charge < -0.3 is 5.32 Å². The van der Waals surface area contributed by atoms with Crippen molar-refractivity contribution in [3.05, 3.63) is 39.5 Å². The lowest BCUT2D eigenvalue weighted by molar-refractivity contribution is -0.388. The first-order chi connectivity index (χ1) is 11.1. The van der Waals surface area contributed by atoms with Crippen molar-refractivity contribution >= 4 is 11.6 Å². The molecule has 0 aliphatic rings. The van der Waals surface area contributed by atoms with Crippen molar-refractivity contribution in [1.82, 2.24) is 24.9 Å². The number of alkyl halides is 3. The molecule has 0 unspecified atom stereocenters. The molecule has 0 aliphatic carbocycles. The predicted octanol–water partition coefficient (Wildman–Crippen LogP) is 1.17. The zero-order chi connectivity index (χ0) is 18.1. The van der Waals surface area contributed by atoms with E-state index in [1.807, 2.05) is 0 Å². The Labute approximate surface area is 133 Å². The van der Waals surface area contributed by atoms with Gasteiger partial charge in [-0.3, -0.25) is 24.3 Å². The molecule has 0 saturated carbocycles. The topological polar surface area (TPSA) is 108 Å². The lowest BCUT2D eigenvalue weighted by Crippen LogP contribution is -2.28. The highest BCUT2D eigenvalue weighted by atomic mass is 19.4. The van der Waals surface area contributed by atoms with Crippen molar-refractivity contribution in [1.29, 1.82) is 0 Å². The lowest BCUT2D eigenvalue weighted by Gasteiger charge is -2.06.